The van der Waals surface area contributed by atoms with Gasteiger partial charge in [-0.25, -0.2) is 0 Å². The molecule has 4 aromatic rings. The summed E-state index contributed by atoms with van der Waals surface area (Å²) < 4.78 is 10.5. The van der Waals surface area contributed by atoms with Crippen molar-refractivity contribution in [3.05, 3.63) is 90.6 Å². The average Bonchev–Trinajstić information content (AvgIpc) is 2.79. The van der Waals surface area contributed by atoms with Gasteiger partial charge in [-0.2, -0.15) is 5.26 Å². The van der Waals surface area contributed by atoms with Crippen molar-refractivity contribution in [2.75, 3.05) is 0 Å². The van der Waals surface area contributed by atoms with Gasteiger partial charge >= 0.3 is 11.9 Å². The number of hydrogen-bond donors (Lipinski definition) is 0. The molecule has 0 unspecified atom stereocenters. The zero-order valence-electron chi connectivity index (χ0n) is 16.3. The van der Waals surface area contributed by atoms with Gasteiger partial charge in [0.15, 0.2) is 0 Å². The highest BCUT2D eigenvalue weighted by Crippen LogP contribution is 2.23. The Balaban J connectivity index is 1.34. The van der Waals surface area contributed by atoms with E-state index in [1.165, 1.54) is 0 Å². The number of ether oxygens (including phenoxy) is 2. The van der Waals surface area contributed by atoms with Crippen LogP contribution in [0.1, 0.15) is 12.0 Å². The first kappa shape index (κ1) is 19.8. The zero-order valence-corrected chi connectivity index (χ0v) is 16.3. The van der Waals surface area contributed by atoms with Gasteiger partial charge in [-0.05, 0) is 59.7 Å². The number of carbonyl (C=O) groups excluding carboxylic acids is 2. The second-order valence-electron chi connectivity index (χ2n) is 6.70. The molecule has 0 amide bonds. The van der Waals surface area contributed by atoms with E-state index in [0.29, 0.717) is 17.1 Å². The number of carbonyl (C=O) groups is 2. The first-order valence-electron chi connectivity index (χ1n) is 9.47. The Labute approximate surface area is 178 Å². The minimum atomic E-state index is -0.710. The monoisotopic (exact) mass is 408 g/mol. The van der Waals surface area contributed by atoms with Crippen molar-refractivity contribution < 1.29 is 19.1 Å². The Morgan fingerprint density at radius 3 is 2.10 bits per heavy atom. The van der Waals surface area contributed by atoms with Crippen LogP contribution in [0.15, 0.2) is 85.1 Å². The van der Waals surface area contributed by atoms with Crippen LogP contribution in [0.3, 0.4) is 0 Å². The molecule has 6 heteroatoms. The van der Waals surface area contributed by atoms with Crippen molar-refractivity contribution in [2.45, 2.75) is 6.42 Å². The van der Waals surface area contributed by atoms with E-state index in [1.807, 2.05) is 18.2 Å². The molecule has 0 atom stereocenters. The van der Waals surface area contributed by atoms with E-state index < -0.39 is 18.4 Å². The maximum absolute atomic E-state index is 12.1. The summed E-state index contributed by atoms with van der Waals surface area (Å²) >= 11 is 0. The third-order valence-corrected chi connectivity index (χ3v) is 4.53. The van der Waals surface area contributed by atoms with Gasteiger partial charge in [0.05, 0.1) is 17.1 Å². The Morgan fingerprint density at radius 1 is 0.806 bits per heavy atom. The minimum absolute atomic E-state index is 0.326. The minimum Gasteiger partial charge on any atom is -0.426 e. The number of nitrogens with zero attached hydrogens (tertiary/aromatic N) is 2. The summed E-state index contributed by atoms with van der Waals surface area (Å²) in [5.74, 6) is -0.752. The van der Waals surface area contributed by atoms with E-state index in [4.69, 9.17) is 14.7 Å². The number of nitriles is 1. The second-order valence-corrected chi connectivity index (χ2v) is 6.70. The summed E-state index contributed by atoms with van der Waals surface area (Å²) in [6.45, 7) is 0. The first-order valence-corrected chi connectivity index (χ1v) is 9.47. The van der Waals surface area contributed by atoms with E-state index in [9.17, 15) is 9.59 Å². The zero-order chi connectivity index (χ0) is 21.6. The smallest absolute Gasteiger partial charge is 0.322 e. The predicted octanol–water partition coefficient (Wildman–Crippen LogP) is 4.67. The molecular formula is C25H16N2O4. The van der Waals surface area contributed by atoms with Crippen molar-refractivity contribution in [1.82, 2.24) is 4.98 Å². The van der Waals surface area contributed by atoms with Crippen LogP contribution >= 0.6 is 0 Å². The third kappa shape index (κ3) is 4.92. The molecule has 0 aliphatic heterocycles. The number of esters is 2. The van der Waals surface area contributed by atoms with Crippen molar-refractivity contribution in [2.24, 2.45) is 0 Å². The van der Waals surface area contributed by atoms with Crippen molar-refractivity contribution in [3.63, 3.8) is 0 Å². The second kappa shape index (κ2) is 8.89. The van der Waals surface area contributed by atoms with Gasteiger partial charge in [0.2, 0.25) is 0 Å². The van der Waals surface area contributed by atoms with Crippen LogP contribution in [0.5, 0.6) is 11.5 Å². The highest BCUT2D eigenvalue weighted by atomic mass is 16.6. The van der Waals surface area contributed by atoms with Crippen LogP contribution < -0.4 is 9.47 Å². The molecule has 4 rings (SSSR count). The van der Waals surface area contributed by atoms with E-state index in [-0.39, 0.29) is 0 Å². The molecule has 0 radical (unpaired) electrons. The fourth-order valence-electron chi connectivity index (χ4n) is 3.02. The van der Waals surface area contributed by atoms with Crippen LogP contribution in [0.2, 0.25) is 0 Å². The maximum atomic E-state index is 12.1. The van der Waals surface area contributed by atoms with Crippen molar-refractivity contribution in [3.8, 4) is 28.7 Å². The molecule has 0 spiro atoms. The van der Waals surface area contributed by atoms with Crippen LogP contribution in [0.25, 0.3) is 22.0 Å². The Hall–Kier alpha value is -4.50. The lowest BCUT2D eigenvalue weighted by molar-refractivity contribution is -0.144. The molecule has 0 saturated heterocycles. The molecule has 0 N–H and O–H groups in total. The predicted molar refractivity (Wildman–Crippen MR) is 114 cm³/mol. The van der Waals surface area contributed by atoms with E-state index >= 15 is 0 Å². The third-order valence-electron chi connectivity index (χ3n) is 4.53. The fourth-order valence-corrected chi connectivity index (χ4v) is 3.02. The maximum Gasteiger partial charge on any atom is 0.322 e. The Bertz CT molecular complexity index is 1290. The van der Waals surface area contributed by atoms with Gasteiger partial charge in [-0.1, -0.05) is 30.3 Å². The van der Waals surface area contributed by atoms with Gasteiger partial charge < -0.3 is 9.47 Å². The summed E-state index contributed by atoms with van der Waals surface area (Å²) in [4.78, 5) is 28.4. The van der Waals surface area contributed by atoms with Gasteiger partial charge in [0.25, 0.3) is 0 Å². The standard InChI is InChI=1S/C25H16N2O4/c26-16-17-3-5-18(6-4-17)19-7-9-21(10-8-19)30-24(28)15-25(29)31-22-11-12-23-20(14-22)2-1-13-27-23/h1-14H,15H2. The van der Waals surface area contributed by atoms with Crippen LogP contribution in [-0.4, -0.2) is 16.9 Å². The molecule has 0 bridgehead atoms. The van der Waals surface area contributed by atoms with Gasteiger partial charge in [-0.3, -0.25) is 14.6 Å². The number of pyridine rings is 1. The normalized spacial score (nSPS) is 10.3. The molecule has 31 heavy (non-hydrogen) atoms. The van der Waals surface area contributed by atoms with Gasteiger partial charge in [0.1, 0.15) is 17.9 Å². The average molecular weight is 408 g/mol. The molecule has 0 aliphatic carbocycles. The van der Waals surface area contributed by atoms with Crippen LogP contribution in [-0.2, 0) is 9.59 Å². The molecule has 1 heterocycles. The first-order chi connectivity index (χ1) is 15.1. The summed E-state index contributed by atoms with van der Waals surface area (Å²) in [5.41, 5.74) is 3.22. The molecule has 0 aliphatic rings. The summed E-state index contributed by atoms with van der Waals surface area (Å²) in [7, 11) is 0. The molecule has 1 aromatic heterocycles. The SMILES string of the molecule is N#Cc1ccc(-c2ccc(OC(=O)CC(=O)Oc3ccc4ncccc4c3)cc2)cc1. The number of rotatable bonds is 5. The Morgan fingerprint density at radius 2 is 1.42 bits per heavy atom. The molecule has 150 valence electrons. The Kier molecular flexibility index (Phi) is 5.68. The molecule has 0 fully saturated rings. The van der Waals surface area contributed by atoms with E-state index in [2.05, 4.69) is 11.1 Å². The lowest BCUT2D eigenvalue weighted by Gasteiger charge is -2.07. The lowest BCUT2D eigenvalue weighted by atomic mass is 10.0. The summed E-state index contributed by atoms with van der Waals surface area (Å²) in [6.07, 6.45) is 1.17. The highest BCUT2D eigenvalue weighted by molar-refractivity contribution is 5.93. The van der Waals surface area contributed by atoms with Gasteiger partial charge in [0, 0.05) is 11.6 Å². The number of aromatic nitrogens is 1. The van der Waals surface area contributed by atoms with Gasteiger partial charge in [-0.15, -0.1) is 0 Å². The van der Waals surface area contributed by atoms with Crippen molar-refractivity contribution >= 4 is 22.8 Å². The fraction of sp³-hybridized carbons (Fsp3) is 0.0400. The van der Waals surface area contributed by atoms with Crippen molar-refractivity contribution in [1.29, 1.82) is 5.26 Å². The number of fused-ring (bicyclic) bond motifs is 1. The van der Waals surface area contributed by atoms with Crippen LogP contribution in [0, 0.1) is 11.3 Å². The summed E-state index contributed by atoms with van der Waals surface area (Å²) in [5, 5.41) is 9.70. The number of benzene rings is 3. The lowest BCUT2D eigenvalue weighted by Crippen LogP contribution is -2.18. The highest BCUT2D eigenvalue weighted by Gasteiger charge is 2.14. The van der Waals surface area contributed by atoms with E-state index in [0.717, 1.165) is 22.0 Å². The molecular weight excluding hydrogens is 392 g/mol. The topological polar surface area (TPSA) is 89.3 Å². The molecule has 3 aromatic carbocycles. The van der Waals surface area contributed by atoms with E-state index in [1.54, 1.807) is 66.9 Å². The molecule has 0 saturated carbocycles. The number of hydrogen-bond acceptors (Lipinski definition) is 6. The quantitative estimate of drug-likeness (QED) is 0.271. The largest absolute Gasteiger partial charge is 0.426 e. The molecule has 6 nitrogen and oxygen atoms in total. The van der Waals surface area contributed by atoms with Crippen LogP contribution in [0.4, 0.5) is 0 Å². The summed E-state index contributed by atoms with van der Waals surface area (Å²) in [6, 6.07) is 24.8.